The molecule has 10 nitrogen and oxygen atoms in total. The lowest BCUT2D eigenvalue weighted by atomic mass is 9.70. The predicted molar refractivity (Wildman–Crippen MR) is 221 cm³/mol. The summed E-state index contributed by atoms with van der Waals surface area (Å²) < 4.78 is 5.67. The average Bonchev–Trinajstić information content (AvgIpc) is 3.86. The number of carbonyl (C=O) groups excluding carboxylic acids is 3. The molecule has 2 saturated heterocycles. The van der Waals surface area contributed by atoms with Gasteiger partial charge in [-0.15, -0.1) is 11.3 Å². The van der Waals surface area contributed by atoms with Crippen LogP contribution in [0.25, 0.3) is 0 Å². The smallest absolute Gasteiger partial charge is 0.409 e. The number of hydrogen-bond donors (Lipinski definition) is 2. The van der Waals surface area contributed by atoms with Crippen LogP contribution in [0.4, 0.5) is 4.79 Å². The van der Waals surface area contributed by atoms with Crippen LogP contribution in [0.15, 0.2) is 72.1 Å². The number of carbonyl (C=O) groups is 3. The number of unbranched alkanes of at least 4 members (excludes halogenated alkanes) is 2. The first-order valence-corrected chi connectivity index (χ1v) is 21.3. The van der Waals surface area contributed by atoms with Crippen molar-refractivity contribution >= 4 is 40.8 Å². The van der Waals surface area contributed by atoms with E-state index in [4.69, 9.17) is 16.3 Å². The van der Waals surface area contributed by atoms with Crippen molar-refractivity contribution in [2.75, 3.05) is 53.9 Å². The number of ether oxygens (including phenoxy) is 1. The Kier molecular flexibility index (Phi) is 14.7. The average molecular weight is 792 g/mol. The summed E-state index contributed by atoms with van der Waals surface area (Å²) in [5.41, 5.74) is 1.69. The quantitative estimate of drug-likeness (QED) is 0.166. The number of hydrogen-bond acceptors (Lipinski definition) is 8. The lowest BCUT2D eigenvalue weighted by molar-refractivity contribution is -0.148. The van der Waals surface area contributed by atoms with Gasteiger partial charge in [0, 0.05) is 36.6 Å². The number of nitrogens with zero attached hydrogens (tertiary/aromatic N) is 4. The van der Waals surface area contributed by atoms with Crippen molar-refractivity contribution in [2.24, 2.45) is 5.41 Å². The van der Waals surface area contributed by atoms with Crippen LogP contribution >= 0.6 is 22.9 Å². The fourth-order valence-electron chi connectivity index (χ4n) is 8.79. The van der Waals surface area contributed by atoms with E-state index in [-0.39, 0.29) is 49.3 Å². The van der Waals surface area contributed by atoms with Crippen molar-refractivity contribution in [3.8, 4) is 5.75 Å². The first-order valence-electron chi connectivity index (χ1n) is 20.1. The molecule has 12 heteroatoms. The largest absolute Gasteiger partial charge is 0.415 e. The molecule has 2 aromatic carbocycles. The number of piperazine rings is 1. The van der Waals surface area contributed by atoms with Gasteiger partial charge >= 0.3 is 6.09 Å². The molecule has 3 amide bonds. The van der Waals surface area contributed by atoms with Gasteiger partial charge in [-0.1, -0.05) is 73.0 Å². The second-order valence-corrected chi connectivity index (χ2v) is 17.6. The van der Waals surface area contributed by atoms with Crippen LogP contribution in [0.1, 0.15) is 68.2 Å². The van der Waals surface area contributed by atoms with Crippen molar-refractivity contribution in [2.45, 2.75) is 94.9 Å². The predicted octanol–water partition coefficient (Wildman–Crippen LogP) is 6.69. The molecule has 1 unspecified atom stereocenters. The van der Waals surface area contributed by atoms with Crippen LogP contribution in [-0.2, 0) is 22.6 Å². The molecule has 1 aromatic heterocycles. The third-order valence-corrected chi connectivity index (χ3v) is 13.2. The minimum atomic E-state index is -0.856. The van der Waals surface area contributed by atoms with Gasteiger partial charge in [-0.25, -0.2) is 4.79 Å². The highest BCUT2D eigenvalue weighted by Gasteiger charge is 2.45. The fourth-order valence-corrected chi connectivity index (χ4v) is 9.61. The maximum Gasteiger partial charge on any atom is 0.415 e. The summed E-state index contributed by atoms with van der Waals surface area (Å²) in [5, 5.41) is 9.21. The Bertz CT molecular complexity index is 1680. The molecule has 3 fully saturated rings. The molecule has 1 spiro atoms. The SMILES string of the molecule is CN(C)CCCCC[C@H](C(=O)N1CCN(C(=O)Oc2ccccc2Cl)C[C@H]1C(=O)NCc1cccs1)N(C)C1CCC2(CC1)CNC(Cc1ccccc1)C2. The van der Waals surface area contributed by atoms with Gasteiger partial charge in [0.1, 0.15) is 6.04 Å². The van der Waals surface area contributed by atoms with Crippen molar-refractivity contribution < 1.29 is 19.1 Å². The molecular weight excluding hydrogens is 732 g/mol. The third kappa shape index (κ3) is 11.1. The van der Waals surface area contributed by atoms with E-state index in [1.165, 1.54) is 16.9 Å². The Morgan fingerprint density at radius 3 is 2.47 bits per heavy atom. The second-order valence-electron chi connectivity index (χ2n) is 16.1. The normalized spacial score (nSPS) is 23.3. The topological polar surface area (TPSA) is 97.5 Å². The van der Waals surface area contributed by atoms with E-state index < -0.39 is 12.1 Å². The highest BCUT2D eigenvalue weighted by atomic mass is 35.5. The zero-order valence-corrected chi connectivity index (χ0v) is 34.3. The molecule has 3 aromatic rings. The summed E-state index contributed by atoms with van der Waals surface area (Å²) in [7, 11) is 6.31. The Labute approximate surface area is 336 Å². The van der Waals surface area contributed by atoms with Gasteiger partial charge in [-0.3, -0.25) is 14.5 Å². The number of para-hydroxylation sites is 1. The van der Waals surface area contributed by atoms with E-state index in [9.17, 15) is 14.4 Å². The molecule has 1 aliphatic carbocycles. The standard InChI is InChI=1S/C43H59ClN6O4S/c1-47(2)23-11-5-8-17-37(48(3)34-19-21-43(22-20-34)28-33(46-31-43)27-32-13-6-4-7-14-32)41(52)50-25-24-49(42(53)54-39-18-10-9-16-36(39)44)30-38(50)40(51)45-29-35-15-12-26-55-35/h4,6-7,9-10,12-16,18,26,33-34,37-38,46H,5,8,11,17,19-25,27-31H2,1-3H3,(H,45,51)/t33?,34?,37-,38+,43?/m1/s1. The molecule has 1 saturated carbocycles. The Balaban J connectivity index is 1.15. The van der Waals surface area contributed by atoms with Gasteiger partial charge in [0.15, 0.2) is 5.75 Å². The number of thiophene rings is 1. The summed E-state index contributed by atoms with van der Waals surface area (Å²) >= 11 is 7.86. The summed E-state index contributed by atoms with van der Waals surface area (Å²) in [5.74, 6) is -0.0456. The maximum absolute atomic E-state index is 14.9. The number of nitrogens with one attached hydrogen (secondary N) is 2. The van der Waals surface area contributed by atoms with Crippen LogP contribution in [-0.4, -0.2) is 116 Å². The molecule has 0 radical (unpaired) electrons. The lowest BCUT2D eigenvalue weighted by Gasteiger charge is -2.45. The van der Waals surface area contributed by atoms with E-state index in [1.807, 2.05) is 17.5 Å². The number of benzene rings is 2. The molecule has 3 atom stereocenters. The van der Waals surface area contributed by atoms with Crippen LogP contribution in [0, 0.1) is 5.41 Å². The first kappa shape index (κ1) is 41.2. The highest BCUT2D eigenvalue weighted by Crippen LogP contribution is 2.45. The molecular formula is C43H59ClN6O4S. The van der Waals surface area contributed by atoms with E-state index >= 15 is 0 Å². The summed E-state index contributed by atoms with van der Waals surface area (Å²) in [6, 6.07) is 21.1. The molecule has 2 aliphatic heterocycles. The van der Waals surface area contributed by atoms with Gasteiger partial charge in [0.25, 0.3) is 0 Å². The fraction of sp³-hybridized carbons (Fsp3) is 0.558. The van der Waals surface area contributed by atoms with Crippen molar-refractivity contribution in [1.82, 2.24) is 30.2 Å². The van der Waals surface area contributed by atoms with E-state index in [0.717, 1.165) is 75.8 Å². The Morgan fingerprint density at radius 2 is 1.75 bits per heavy atom. The summed E-state index contributed by atoms with van der Waals surface area (Å²) in [6.45, 7) is 2.96. The van der Waals surface area contributed by atoms with E-state index in [0.29, 0.717) is 23.0 Å². The summed E-state index contributed by atoms with van der Waals surface area (Å²) in [6.07, 6.45) is 9.80. The number of rotatable bonds is 15. The van der Waals surface area contributed by atoms with Crippen LogP contribution in [0.5, 0.6) is 5.75 Å². The van der Waals surface area contributed by atoms with Gasteiger partial charge in [-0.05, 0) is 114 Å². The van der Waals surface area contributed by atoms with Gasteiger partial charge in [0.2, 0.25) is 11.8 Å². The monoisotopic (exact) mass is 790 g/mol. The van der Waals surface area contributed by atoms with Crippen LogP contribution in [0.3, 0.4) is 0 Å². The zero-order chi connectivity index (χ0) is 38.8. The number of halogens is 1. The molecule has 298 valence electrons. The highest BCUT2D eigenvalue weighted by molar-refractivity contribution is 7.09. The second kappa shape index (κ2) is 19.6. The molecule has 3 heterocycles. The van der Waals surface area contributed by atoms with Crippen molar-refractivity contribution in [1.29, 1.82) is 0 Å². The molecule has 3 aliphatic rings. The first-order chi connectivity index (χ1) is 26.6. The van der Waals surface area contributed by atoms with Gasteiger partial charge in [-0.2, -0.15) is 0 Å². The number of amides is 3. The van der Waals surface area contributed by atoms with E-state index in [1.54, 1.807) is 40.5 Å². The number of likely N-dealkylation sites (N-methyl/N-ethyl adjacent to an activating group) is 1. The third-order valence-electron chi connectivity index (χ3n) is 12.0. The lowest BCUT2D eigenvalue weighted by Crippen LogP contribution is -2.64. The van der Waals surface area contributed by atoms with Gasteiger partial charge in [0.05, 0.1) is 24.2 Å². The minimum Gasteiger partial charge on any atom is -0.409 e. The molecule has 2 N–H and O–H groups in total. The minimum absolute atomic E-state index is 0.0313. The van der Waals surface area contributed by atoms with E-state index in [2.05, 4.69) is 71.9 Å². The molecule has 6 rings (SSSR count). The van der Waals surface area contributed by atoms with Crippen LogP contribution < -0.4 is 15.4 Å². The molecule has 55 heavy (non-hydrogen) atoms. The summed E-state index contributed by atoms with van der Waals surface area (Å²) in [4.78, 5) is 51.2. The maximum atomic E-state index is 14.9. The van der Waals surface area contributed by atoms with Crippen molar-refractivity contribution in [3.63, 3.8) is 0 Å². The molecule has 0 bridgehead atoms. The van der Waals surface area contributed by atoms with Gasteiger partial charge < -0.3 is 30.1 Å². The zero-order valence-electron chi connectivity index (χ0n) is 32.8. The van der Waals surface area contributed by atoms with Crippen LogP contribution in [0.2, 0.25) is 5.02 Å². The Morgan fingerprint density at radius 1 is 0.982 bits per heavy atom. The Hall–Kier alpha value is -3.48. The van der Waals surface area contributed by atoms with Crippen molar-refractivity contribution in [3.05, 3.63) is 87.6 Å².